The van der Waals surface area contributed by atoms with Crippen molar-refractivity contribution in [2.45, 2.75) is 31.9 Å². The first kappa shape index (κ1) is 12.6. The molecule has 2 atom stereocenters. The number of rotatable bonds is 3. The van der Waals surface area contributed by atoms with Gasteiger partial charge in [0.2, 0.25) is 0 Å². The molecule has 18 heavy (non-hydrogen) atoms. The van der Waals surface area contributed by atoms with Crippen molar-refractivity contribution in [2.75, 3.05) is 17.7 Å². The first-order valence-electron chi connectivity index (χ1n) is 5.97. The number of nitrogens with one attached hydrogen (secondary N) is 1. The predicted molar refractivity (Wildman–Crippen MR) is 69.6 cm³/mol. The van der Waals surface area contributed by atoms with E-state index < -0.39 is 4.92 Å². The van der Waals surface area contributed by atoms with Crippen molar-refractivity contribution >= 4 is 17.1 Å². The molecule has 6 heteroatoms. The van der Waals surface area contributed by atoms with Crippen LogP contribution in [0.4, 0.5) is 17.1 Å². The summed E-state index contributed by atoms with van der Waals surface area (Å²) in [7, 11) is 0. The van der Waals surface area contributed by atoms with E-state index in [-0.39, 0.29) is 17.8 Å². The van der Waals surface area contributed by atoms with Gasteiger partial charge in [0.05, 0.1) is 11.0 Å². The Morgan fingerprint density at radius 3 is 2.94 bits per heavy atom. The zero-order valence-electron chi connectivity index (χ0n) is 10.3. The third kappa shape index (κ3) is 3.10. The summed E-state index contributed by atoms with van der Waals surface area (Å²) in [5.74, 6) is 0. The van der Waals surface area contributed by atoms with Gasteiger partial charge in [0.25, 0.3) is 5.69 Å². The Kier molecular flexibility index (Phi) is 3.66. The van der Waals surface area contributed by atoms with Gasteiger partial charge in [-0.05, 0) is 25.8 Å². The van der Waals surface area contributed by atoms with Crippen LogP contribution in [0.25, 0.3) is 0 Å². The normalized spacial score (nSPS) is 23.6. The molecule has 0 aromatic heterocycles. The summed E-state index contributed by atoms with van der Waals surface area (Å²) in [5, 5.41) is 14.0. The molecule has 1 heterocycles. The van der Waals surface area contributed by atoms with Gasteiger partial charge in [-0.3, -0.25) is 10.1 Å². The lowest BCUT2D eigenvalue weighted by molar-refractivity contribution is -0.384. The number of hydrogen-bond acceptors (Lipinski definition) is 5. The molecule has 2 rings (SSSR count). The monoisotopic (exact) mass is 251 g/mol. The zero-order chi connectivity index (χ0) is 13.1. The Labute approximate surface area is 105 Å². The third-order valence-electron chi connectivity index (χ3n) is 3.01. The molecule has 1 aliphatic heterocycles. The molecule has 1 aromatic carbocycles. The van der Waals surface area contributed by atoms with Gasteiger partial charge in [0.15, 0.2) is 0 Å². The fourth-order valence-electron chi connectivity index (χ4n) is 2.19. The van der Waals surface area contributed by atoms with E-state index in [1.807, 2.05) is 6.92 Å². The second kappa shape index (κ2) is 5.22. The van der Waals surface area contributed by atoms with Gasteiger partial charge in [-0.2, -0.15) is 0 Å². The van der Waals surface area contributed by atoms with Crippen molar-refractivity contribution in [1.82, 2.24) is 0 Å². The van der Waals surface area contributed by atoms with Crippen LogP contribution in [0, 0.1) is 10.1 Å². The van der Waals surface area contributed by atoms with Crippen LogP contribution < -0.4 is 11.1 Å². The average Bonchev–Trinajstić information content (AvgIpc) is 2.28. The predicted octanol–water partition coefficient (Wildman–Crippen LogP) is 2.16. The van der Waals surface area contributed by atoms with Gasteiger partial charge in [-0.1, -0.05) is 0 Å². The summed E-state index contributed by atoms with van der Waals surface area (Å²) in [6, 6.07) is 4.86. The van der Waals surface area contributed by atoms with Crippen LogP contribution in [-0.4, -0.2) is 23.7 Å². The van der Waals surface area contributed by atoms with E-state index in [0.29, 0.717) is 18.0 Å². The number of ether oxygens (including phenoxy) is 1. The van der Waals surface area contributed by atoms with Gasteiger partial charge in [-0.25, -0.2) is 0 Å². The highest BCUT2D eigenvalue weighted by Crippen LogP contribution is 2.25. The van der Waals surface area contributed by atoms with E-state index in [2.05, 4.69) is 5.32 Å². The van der Waals surface area contributed by atoms with Crippen LogP contribution in [0.2, 0.25) is 0 Å². The Hall–Kier alpha value is -1.82. The number of nitro groups is 1. The molecule has 1 aromatic rings. The molecule has 2 unspecified atom stereocenters. The minimum absolute atomic E-state index is 0.0117. The van der Waals surface area contributed by atoms with Crippen molar-refractivity contribution in [3.8, 4) is 0 Å². The first-order valence-corrected chi connectivity index (χ1v) is 5.97. The summed E-state index contributed by atoms with van der Waals surface area (Å²) >= 11 is 0. The van der Waals surface area contributed by atoms with Gasteiger partial charge >= 0.3 is 0 Å². The molecular weight excluding hydrogens is 234 g/mol. The van der Waals surface area contributed by atoms with Crippen LogP contribution in [-0.2, 0) is 4.74 Å². The highest BCUT2D eigenvalue weighted by molar-refractivity contribution is 5.61. The van der Waals surface area contributed by atoms with Crippen LogP contribution in [0.3, 0.4) is 0 Å². The molecule has 6 nitrogen and oxygen atoms in total. The maximum absolute atomic E-state index is 10.8. The summed E-state index contributed by atoms with van der Waals surface area (Å²) in [6.45, 7) is 2.74. The zero-order valence-corrected chi connectivity index (χ0v) is 10.3. The Balaban J connectivity index is 2.10. The molecule has 1 aliphatic rings. The quantitative estimate of drug-likeness (QED) is 0.488. The number of nitrogen functional groups attached to an aromatic ring is 1. The fourth-order valence-corrected chi connectivity index (χ4v) is 2.19. The molecule has 1 saturated heterocycles. The van der Waals surface area contributed by atoms with E-state index in [9.17, 15) is 10.1 Å². The molecule has 0 amide bonds. The number of non-ortho nitro benzene ring substituents is 1. The second-order valence-corrected chi connectivity index (χ2v) is 4.62. The SMILES string of the molecule is CC1CC(Nc2cc(N)cc([N+](=O)[O-])c2)CCO1. The van der Waals surface area contributed by atoms with Crippen LogP contribution >= 0.6 is 0 Å². The first-order chi connectivity index (χ1) is 8.54. The molecule has 1 fully saturated rings. The minimum Gasteiger partial charge on any atom is -0.398 e. The average molecular weight is 251 g/mol. The van der Waals surface area contributed by atoms with Gasteiger partial charge in [0, 0.05) is 36.2 Å². The summed E-state index contributed by atoms with van der Waals surface area (Å²) in [6.07, 6.45) is 2.00. The molecule has 0 aliphatic carbocycles. The van der Waals surface area contributed by atoms with E-state index in [1.165, 1.54) is 12.1 Å². The summed E-state index contributed by atoms with van der Waals surface area (Å²) in [4.78, 5) is 10.3. The smallest absolute Gasteiger partial charge is 0.273 e. The molecule has 0 bridgehead atoms. The van der Waals surface area contributed by atoms with E-state index >= 15 is 0 Å². The van der Waals surface area contributed by atoms with Crippen molar-refractivity contribution in [2.24, 2.45) is 0 Å². The molecule has 0 spiro atoms. The topological polar surface area (TPSA) is 90.4 Å². The van der Waals surface area contributed by atoms with Gasteiger partial charge in [-0.15, -0.1) is 0 Å². The molecule has 0 saturated carbocycles. The van der Waals surface area contributed by atoms with Crippen LogP contribution in [0.15, 0.2) is 18.2 Å². The van der Waals surface area contributed by atoms with E-state index in [0.717, 1.165) is 12.8 Å². The van der Waals surface area contributed by atoms with Crippen molar-refractivity contribution < 1.29 is 9.66 Å². The number of nitrogens with zero attached hydrogens (tertiary/aromatic N) is 1. The molecule has 0 radical (unpaired) electrons. The Morgan fingerprint density at radius 2 is 2.28 bits per heavy atom. The lowest BCUT2D eigenvalue weighted by Gasteiger charge is -2.28. The molecule has 98 valence electrons. The highest BCUT2D eigenvalue weighted by Gasteiger charge is 2.19. The van der Waals surface area contributed by atoms with Crippen molar-refractivity contribution in [3.05, 3.63) is 28.3 Å². The van der Waals surface area contributed by atoms with Gasteiger partial charge < -0.3 is 15.8 Å². The number of hydrogen-bond donors (Lipinski definition) is 2. The van der Waals surface area contributed by atoms with E-state index in [4.69, 9.17) is 10.5 Å². The number of nitrogens with two attached hydrogens (primary N) is 1. The number of benzene rings is 1. The van der Waals surface area contributed by atoms with E-state index in [1.54, 1.807) is 6.07 Å². The fraction of sp³-hybridized carbons (Fsp3) is 0.500. The lowest BCUT2D eigenvalue weighted by Crippen LogP contribution is -2.32. The Morgan fingerprint density at radius 1 is 1.50 bits per heavy atom. The number of nitro benzene ring substituents is 1. The maximum atomic E-state index is 10.8. The lowest BCUT2D eigenvalue weighted by atomic mass is 10.0. The number of anilines is 2. The third-order valence-corrected chi connectivity index (χ3v) is 3.01. The van der Waals surface area contributed by atoms with Crippen LogP contribution in [0.1, 0.15) is 19.8 Å². The minimum atomic E-state index is -0.436. The standard InChI is InChI=1S/C12H17N3O3/c1-8-4-10(2-3-18-8)14-11-5-9(13)6-12(7-11)15(16)17/h5-8,10,14H,2-4,13H2,1H3. The van der Waals surface area contributed by atoms with Crippen LogP contribution in [0.5, 0.6) is 0 Å². The summed E-state index contributed by atoms with van der Waals surface area (Å²) in [5.41, 5.74) is 6.76. The second-order valence-electron chi connectivity index (χ2n) is 4.62. The summed E-state index contributed by atoms with van der Waals surface area (Å²) < 4.78 is 5.46. The van der Waals surface area contributed by atoms with Crippen molar-refractivity contribution in [3.63, 3.8) is 0 Å². The highest BCUT2D eigenvalue weighted by atomic mass is 16.6. The maximum Gasteiger partial charge on any atom is 0.273 e. The van der Waals surface area contributed by atoms with Crippen molar-refractivity contribution in [1.29, 1.82) is 0 Å². The molecule has 3 N–H and O–H groups in total. The Bertz CT molecular complexity index is 450. The molecular formula is C12H17N3O3. The van der Waals surface area contributed by atoms with Gasteiger partial charge in [0.1, 0.15) is 0 Å². The largest absolute Gasteiger partial charge is 0.398 e.